The fraction of sp³-hybridized carbons (Fsp3) is 0.278. The van der Waals surface area contributed by atoms with Gasteiger partial charge in [0.05, 0.1) is 15.7 Å². The van der Waals surface area contributed by atoms with Crippen LogP contribution in [0, 0.1) is 0 Å². The molecule has 0 spiro atoms. The minimum Gasteiger partial charge on any atom is -0.351 e. The van der Waals surface area contributed by atoms with Crippen molar-refractivity contribution in [1.29, 1.82) is 0 Å². The number of unbranched alkanes of at least 4 members (excludes halogenated alkanes) is 2. The van der Waals surface area contributed by atoms with Crippen molar-refractivity contribution in [3.8, 4) is 0 Å². The van der Waals surface area contributed by atoms with E-state index < -0.39 is 5.91 Å². The number of hydrogen-bond donors (Lipinski definition) is 2. The quantitative estimate of drug-likeness (QED) is 0.692. The third kappa shape index (κ3) is 5.44. The first-order chi connectivity index (χ1) is 12.0. The number of hydrogen-bond acceptors (Lipinski definition) is 3. The number of rotatable bonds is 7. The van der Waals surface area contributed by atoms with Gasteiger partial charge >= 0.3 is 0 Å². The van der Waals surface area contributed by atoms with E-state index in [-0.39, 0.29) is 16.6 Å². The number of halogens is 2. The number of pyridine rings is 1. The van der Waals surface area contributed by atoms with Gasteiger partial charge in [0.15, 0.2) is 0 Å². The highest BCUT2D eigenvalue weighted by molar-refractivity contribution is 6.44. The molecule has 2 amide bonds. The zero-order valence-corrected chi connectivity index (χ0v) is 15.3. The average Bonchev–Trinajstić information content (AvgIpc) is 2.62. The lowest BCUT2D eigenvalue weighted by Gasteiger charge is -2.09. The molecule has 0 atom stereocenters. The number of carbonyl (C=O) groups is 2. The van der Waals surface area contributed by atoms with Crippen LogP contribution in [0.4, 0.5) is 5.69 Å². The predicted molar refractivity (Wildman–Crippen MR) is 101 cm³/mol. The van der Waals surface area contributed by atoms with Gasteiger partial charge in [0.2, 0.25) is 0 Å². The molecule has 5 nitrogen and oxygen atoms in total. The van der Waals surface area contributed by atoms with Crippen LogP contribution in [0.15, 0.2) is 36.5 Å². The molecule has 25 heavy (non-hydrogen) atoms. The van der Waals surface area contributed by atoms with Gasteiger partial charge < -0.3 is 10.6 Å². The SMILES string of the molecule is CCCCCNC(=O)c1cc(C(=O)Nc2cccc(Cl)c2Cl)ccn1. The topological polar surface area (TPSA) is 71.1 Å². The Morgan fingerprint density at radius 2 is 1.92 bits per heavy atom. The van der Waals surface area contributed by atoms with E-state index in [0.717, 1.165) is 19.3 Å². The van der Waals surface area contributed by atoms with Crippen LogP contribution in [0.5, 0.6) is 0 Å². The molecule has 0 saturated carbocycles. The Hall–Kier alpha value is -2.11. The van der Waals surface area contributed by atoms with Crippen LogP contribution < -0.4 is 10.6 Å². The fourth-order valence-electron chi connectivity index (χ4n) is 2.16. The van der Waals surface area contributed by atoms with Gasteiger partial charge in [-0.3, -0.25) is 14.6 Å². The van der Waals surface area contributed by atoms with Crippen molar-refractivity contribution >= 4 is 40.7 Å². The molecule has 0 radical (unpaired) electrons. The van der Waals surface area contributed by atoms with Crippen LogP contribution in [0.2, 0.25) is 10.0 Å². The molecule has 0 aliphatic carbocycles. The second-order valence-electron chi connectivity index (χ2n) is 5.45. The third-order valence-electron chi connectivity index (χ3n) is 3.52. The zero-order chi connectivity index (χ0) is 18.2. The average molecular weight is 380 g/mol. The van der Waals surface area contributed by atoms with E-state index in [1.807, 2.05) is 0 Å². The Labute approximate surface area is 156 Å². The lowest BCUT2D eigenvalue weighted by molar-refractivity contribution is 0.0948. The van der Waals surface area contributed by atoms with Gasteiger partial charge in [0.1, 0.15) is 5.69 Å². The summed E-state index contributed by atoms with van der Waals surface area (Å²) in [4.78, 5) is 28.5. The summed E-state index contributed by atoms with van der Waals surface area (Å²) in [5.74, 6) is -0.696. The minimum absolute atomic E-state index is 0.196. The molecule has 0 saturated heterocycles. The largest absolute Gasteiger partial charge is 0.351 e. The number of anilines is 1. The van der Waals surface area contributed by atoms with E-state index in [1.54, 1.807) is 18.2 Å². The normalized spacial score (nSPS) is 10.4. The number of nitrogens with zero attached hydrogens (tertiary/aromatic N) is 1. The van der Waals surface area contributed by atoms with Crippen molar-refractivity contribution in [3.63, 3.8) is 0 Å². The Morgan fingerprint density at radius 3 is 2.68 bits per heavy atom. The Kier molecular flexibility index (Phi) is 7.22. The number of carbonyl (C=O) groups excluding carboxylic acids is 2. The van der Waals surface area contributed by atoms with Crippen molar-refractivity contribution in [1.82, 2.24) is 10.3 Å². The van der Waals surface area contributed by atoms with Crippen LogP contribution in [-0.2, 0) is 0 Å². The molecule has 1 aromatic heterocycles. The molecule has 0 aliphatic heterocycles. The van der Waals surface area contributed by atoms with Gasteiger partial charge in [-0.25, -0.2) is 0 Å². The molecule has 1 heterocycles. The van der Waals surface area contributed by atoms with E-state index in [2.05, 4.69) is 22.5 Å². The third-order valence-corrected chi connectivity index (χ3v) is 4.34. The van der Waals surface area contributed by atoms with Crippen LogP contribution >= 0.6 is 23.2 Å². The van der Waals surface area contributed by atoms with E-state index in [9.17, 15) is 9.59 Å². The van der Waals surface area contributed by atoms with E-state index in [1.165, 1.54) is 18.3 Å². The van der Waals surface area contributed by atoms with Gasteiger partial charge in [-0.15, -0.1) is 0 Å². The number of nitrogens with one attached hydrogen (secondary N) is 2. The fourth-order valence-corrected chi connectivity index (χ4v) is 2.51. The summed E-state index contributed by atoms with van der Waals surface area (Å²) in [5.41, 5.74) is 0.910. The van der Waals surface area contributed by atoms with Crippen LogP contribution in [0.1, 0.15) is 47.0 Å². The van der Waals surface area contributed by atoms with Crippen LogP contribution in [0.25, 0.3) is 0 Å². The molecular weight excluding hydrogens is 361 g/mol. The summed E-state index contributed by atoms with van der Waals surface area (Å²) in [7, 11) is 0. The molecule has 1 aromatic carbocycles. The van der Waals surface area contributed by atoms with Crippen LogP contribution in [-0.4, -0.2) is 23.3 Å². The predicted octanol–water partition coefficient (Wildman–Crippen LogP) is 4.56. The second-order valence-corrected chi connectivity index (χ2v) is 6.23. The maximum atomic E-state index is 12.4. The molecule has 0 aliphatic rings. The smallest absolute Gasteiger partial charge is 0.269 e. The van der Waals surface area contributed by atoms with Crippen molar-refractivity contribution in [2.75, 3.05) is 11.9 Å². The van der Waals surface area contributed by atoms with Gasteiger partial charge in [0.25, 0.3) is 11.8 Å². The highest BCUT2D eigenvalue weighted by Crippen LogP contribution is 2.29. The second kappa shape index (κ2) is 9.39. The highest BCUT2D eigenvalue weighted by Gasteiger charge is 2.13. The Balaban J connectivity index is 2.06. The van der Waals surface area contributed by atoms with Crippen molar-refractivity contribution in [3.05, 3.63) is 57.8 Å². The molecule has 7 heteroatoms. The summed E-state index contributed by atoms with van der Waals surface area (Å²) in [6.45, 7) is 2.68. The van der Waals surface area contributed by atoms with Crippen molar-refractivity contribution in [2.24, 2.45) is 0 Å². The van der Waals surface area contributed by atoms with E-state index in [4.69, 9.17) is 23.2 Å². The number of benzene rings is 1. The lowest BCUT2D eigenvalue weighted by Crippen LogP contribution is -2.26. The summed E-state index contributed by atoms with van der Waals surface area (Å²) < 4.78 is 0. The summed E-state index contributed by atoms with van der Waals surface area (Å²) in [5, 5.41) is 6.09. The summed E-state index contributed by atoms with van der Waals surface area (Å²) >= 11 is 12.0. The van der Waals surface area contributed by atoms with E-state index in [0.29, 0.717) is 22.8 Å². The molecule has 2 rings (SSSR count). The molecule has 132 valence electrons. The van der Waals surface area contributed by atoms with Crippen molar-refractivity contribution < 1.29 is 9.59 Å². The zero-order valence-electron chi connectivity index (χ0n) is 13.8. The molecule has 0 fully saturated rings. The standard InChI is InChI=1S/C18H19Cl2N3O2/c1-2-3-4-9-22-18(25)15-11-12(8-10-21-15)17(24)23-14-7-5-6-13(19)16(14)20/h5-8,10-11H,2-4,9H2,1H3,(H,22,25)(H,23,24). The number of aromatic nitrogens is 1. The van der Waals surface area contributed by atoms with Gasteiger partial charge in [-0.05, 0) is 30.7 Å². The van der Waals surface area contributed by atoms with E-state index >= 15 is 0 Å². The van der Waals surface area contributed by atoms with Gasteiger partial charge in [-0.2, -0.15) is 0 Å². The van der Waals surface area contributed by atoms with Crippen LogP contribution in [0.3, 0.4) is 0 Å². The molecule has 0 bridgehead atoms. The first kappa shape index (κ1) is 19.2. The summed E-state index contributed by atoms with van der Waals surface area (Å²) in [6.07, 6.45) is 4.47. The van der Waals surface area contributed by atoms with Gasteiger partial charge in [-0.1, -0.05) is 49.0 Å². The Bertz CT molecular complexity index is 766. The van der Waals surface area contributed by atoms with Gasteiger partial charge in [0, 0.05) is 18.3 Å². The highest BCUT2D eigenvalue weighted by atomic mass is 35.5. The maximum absolute atomic E-state index is 12.4. The summed E-state index contributed by atoms with van der Waals surface area (Å²) in [6, 6.07) is 7.94. The minimum atomic E-state index is -0.397. The monoisotopic (exact) mass is 379 g/mol. The molecule has 2 aromatic rings. The first-order valence-electron chi connectivity index (χ1n) is 8.02. The molecule has 0 unspecified atom stereocenters. The molecular formula is C18H19Cl2N3O2. The maximum Gasteiger partial charge on any atom is 0.269 e. The molecule has 2 N–H and O–H groups in total. The number of amides is 2. The van der Waals surface area contributed by atoms with Crippen molar-refractivity contribution in [2.45, 2.75) is 26.2 Å². The Morgan fingerprint density at radius 1 is 1.12 bits per heavy atom. The first-order valence-corrected chi connectivity index (χ1v) is 8.78. The lowest BCUT2D eigenvalue weighted by atomic mass is 10.2.